The van der Waals surface area contributed by atoms with E-state index in [9.17, 15) is 4.79 Å². The number of para-hydroxylation sites is 2. The van der Waals surface area contributed by atoms with Gasteiger partial charge in [-0.3, -0.25) is 4.79 Å². The van der Waals surface area contributed by atoms with Crippen LogP contribution in [0.1, 0.15) is 23.1 Å². The summed E-state index contributed by atoms with van der Waals surface area (Å²) < 4.78 is 13.6. The van der Waals surface area contributed by atoms with Gasteiger partial charge in [-0.25, -0.2) is 0 Å². The van der Waals surface area contributed by atoms with Gasteiger partial charge in [0.1, 0.15) is 6.61 Å². The van der Waals surface area contributed by atoms with Crippen molar-refractivity contribution in [2.45, 2.75) is 13.0 Å². The summed E-state index contributed by atoms with van der Waals surface area (Å²) in [4.78, 5) is 17.7. The summed E-state index contributed by atoms with van der Waals surface area (Å²) >= 11 is 1.32. The van der Waals surface area contributed by atoms with Gasteiger partial charge in [0.15, 0.2) is 23.4 Å². The smallest absolute Gasteiger partial charge is 0.291 e. The fraction of sp³-hybridized carbons (Fsp3) is 0.150. The Kier molecular flexibility index (Phi) is 3.68. The SMILES string of the molecule is Cc1ccc(C=c2sc3nc(C4COc5ccccc5O4)nn3c2=O)cc1. The highest BCUT2D eigenvalue weighted by Crippen LogP contribution is 2.35. The number of aryl methyl sites for hydroxylation is 1. The average Bonchev–Trinajstić information content (AvgIpc) is 3.23. The third-order valence-electron chi connectivity index (χ3n) is 4.37. The molecule has 1 atom stereocenters. The third kappa shape index (κ3) is 2.86. The predicted molar refractivity (Wildman–Crippen MR) is 102 cm³/mol. The molecule has 1 unspecified atom stereocenters. The number of rotatable bonds is 2. The van der Waals surface area contributed by atoms with E-state index in [-0.39, 0.29) is 5.56 Å². The molecular formula is C20H15N3O3S. The highest BCUT2D eigenvalue weighted by molar-refractivity contribution is 7.15. The molecular weight excluding hydrogens is 362 g/mol. The fourth-order valence-electron chi connectivity index (χ4n) is 2.95. The van der Waals surface area contributed by atoms with Gasteiger partial charge in [-0.05, 0) is 30.7 Å². The minimum Gasteiger partial charge on any atom is -0.485 e. The van der Waals surface area contributed by atoms with Crippen LogP contribution in [0.15, 0.2) is 53.3 Å². The molecule has 0 radical (unpaired) electrons. The second-order valence-corrected chi connectivity index (χ2v) is 7.36. The van der Waals surface area contributed by atoms with Crippen LogP contribution in [0.4, 0.5) is 0 Å². The van der Waals surface area contributed by atoms with E-state index in [1.807, 2.05) is 61.5 Å². The summed E-state index contributed by atoms with van der Waals surface area (Å²) in [5.41, 5.74) is 1.98. The second-order valence-electron chi connectivity index (χ2n) is 6.36. The summed E-state index contributed by atoms with van der Waals surface area (Å²) in [6.07, 6.45) is 1.43. The average molecular weight is 377 g/mol. The molecule has 134 valence electrons. The quantitative estimate of drug-likeness (QED) is 0.537. The van der Waals surface area contributed by atoms with Gasteiger partial charge in [0.2, 0.25) is 4.96 Å². The Hall–Kier alpha value is -3.19. The van der Waals surface area contributed by atoms with Gasteiger partial charge in [-0.15, -0.1) is 5.10 Å². The largest absolute Gasteiger partial charge is 0.485 e. The lowest BCUT2D eigenvalue weighted by Gasteiger charge is -2.24. The maximum absolute atomic E-state index is 12.7. The van der Waals surface area contributed by atoms with Crippen LogP contribution in [0.2, 0.25) is 0 Å². The van der Waals surface area contributed by atoms with Gasteiger partial charge >= 0.3 is 0 Å². The maximum Gasteiger partial charge on any atom is 0.291 e. The minimum absolute atomic E-state index is 0.175. The lowest BCUT2D eigenvalue weighted by Crippen LogP contribution is -2.26. The molecule has 0 saturated heterocycles. The Balaban J connectivity index is 1.49. The summed E-state index contributed by atoms with van der Waals surface area (Å²) in [6, 6.07) is 15.5. The van der Waals surface area contributed by atoms with Crippen LogP contribution in [0, 0.1) is 6.92 Å². The predicted octanol–water partition coefficient (Wildman–Crippen LogP) is 2.52. The van der Waals surface area contributed by atoms with Crippen LogP contribution in [0.3, 0.4) is 0 Å². The van der Waals surface area contributed by atoms with Crippen molar-refractivity contribution in [2.75, 3.05) is 6.61 Å². The Morgan fingerprint density at radius 2 is 1.93 bits per heavy atom. The van der Waals surface area contributed by atoms with Crippen molar-refractivity contribution in [3.63, 3.8) is 0 Å². The van der Waals surface area contributed by atoms with E-state index in [0.29, 0.717) is 33.4 Å². The van der Waals surface area contributed by atoms with Crippen molar-refractivity contribution in [3.05, 3.63) is 80.4 Å². The summed E-state index contributed by atoms with van der Waals surface area (Å²) in [7, 11) is 0. The van der Waals surface area contributed by atoms with Crippen LogP contribution < -0.4 is 19.6 Å². The first-order chi connectivity index (χ1) is 13.2. The standard InChI is InChI=1S/C20H15N3O3S/c1-12-6-8-13(9-7-12)10-17-19(24)23-20(27-17)21-18(22-23)16-11-25-14-4-2-3-5-15(14)26-16/h2-10,16H,11H2,1H3. The van der Waals surface area contributed by atoms with Crippen LogP contribution in [-0.2, 0) is 0 Å². The molecule has 2 aromatic carbocycles. The monoisotopic (exact) mass is 377 g/mol. The number of hydrogen-bond acceptors (Lipinski definition) is 6. The molecule has 0 bridgehead atoms. The fourth-order valence-corrected chi connectivity index (χ4v) is 3.86. The number of aromatic nitrogens is 3. The van der Waals surface area contributed by atoms with E-state index in [2.05, 4.69) is 10.1 Å². The molecule has 7 heteroatoms. The number of nitrogens with zero attached hydrogens (tertiary/aromatic N) is 3. The Bertz CT molecular complexity index is 1240. The Morgan fingerprint density at radius 1 is 1.15 bits per heavy atom. The van der Waals surface area contributed by atoms with Gasteiger partial charge in [-0.2, -0.15) is 9.50 Å². The Labute approximate surface area is 158 Å². The molecule has 4 aromatic rings. The van der Waals surface area contributed by atoms with Gasteiger partial charge in [-0.1, -0.05) is 53.3 Å². The summed E-state index contributed by atoms with van der Waals surface area (Å²) in [5, 5.41) is 4.36. The first kappa shape index (κ1) is 16.0. The molecule has 1 aliphatic heterocycles. The third-order valence-corrected chi connectivity index (χ3v) is 5.33. The highest BCUT2D eigenvalue weighted by Gasteiger charge is 2.26. The molecule has 6 nitrogen and oxygen atoms in total. The van der Waals surface area contributed by atoms with Crippen LogP contribution in [-0.4, -0.2) is 21.2 Å². The van der Waals surface area contributed by atoms with Crippen molar-refractivity contribution in [2.24, 2.45) is 0 Å². The molecule has 0 aliphatic carbocycles. The summed E-state index contributed by atoms with van der Waals surface area (Å²) in [6.45, 7) is 2.34. The van der Waals surface area contributed by atoms with E-state index < -0.39 is 6.10 Å². The van der Waals surface area contributed by atoms with E-state index in [4.69, 9.17) is 9.47 Å². The lowest BCUT2D eigenvalue weighted by atomic mass is 10.1. The van der Waals surface area contributed by atoms with Crippen molar-refractivity contribution in [1.29, 1.82) is 0 Å². The van der Waals surface area contributed by atoms with E-state index >= 15 is 0 Å². The van der Waals surface area contributed by atoms with Crippen molar-refractivity contribution < 1.29 is 9.47 Å². The zero-order chi connectivity index (χ0) is 18.4. The molecule has 0 N–H and O–H groups in total. The normalized spacial score (nSPS) is 16.8. The minimum atomic E-state index is -0.434. The molecule has 5 rings (SSSR count). The molecule has 27 heavy (non-hydrogen) atoms. The molecule has 0 saturated carbocycles. The van der Waals surface area contributed by atoms with Crippen molar-refractivity contribution in [3.8, 4) is 11.5 Å². The molecule has 1 aliphatic rings. The van der Waals surface area contributed by atoms with Crippen LogP contribution in [0.5, 0.6) is 11.5 Å². The van der Waals surface area contributed by atoms with E-state index in [0.717, 1.165) is 5.56 Å². The molecule has 0 amide bonds. The first-order valence-corrected chi connectivity index (χ1v) is 9.35. The molecule has 0 fully saturated rings. The van der Waals surface area contributed by atoms with Gasteiger partial charge in [0.05, 0.1) is 4.53 Å². The van der Waals surface area contributed by atoms with Crippen LogP contribution in [0.25, 0.3) is 11.0 Å². The molecule has 0 spiro atoms. The highest BCUT2D eigenvalue weighted by atomic mass is 32.1. The number of hydrogen-bond donors (Lipinski definition) is 0. The molecule has 2 aromatic heterocycles. The topological polar surface area (TPSA) is 65.7 Å². The van der Waals surface area contributed by atoms with E-state index in [1.165, 1.54) is 21.4 Å². The van der Waals surface area contributed by atoms with Gasteiger partial charge in [0.25, 0.3) is 5.56 Å². The van der Waals surface area contributed by atoms with Crippen molar-refractivity contribution in [1.82, 2.24) is 14.6 Å². The Morgan fingerprint density at radius 3 is 2.70 bits per heavy atom. The van der Waals surface area contributed by atoms with Gasteiger partial charge < -0.3 is 9.47 Å². The van der Waals surface area contributed by atoms with Gasteiger partial charge in [0, 0.05) is 0 Å². The lowest BCUT2D eigenvalue weighted by molar-refractivity contribution is 0.0852. The zero-order valence-corrected chi connectivity index (χ0v) is 15.3. The number of thiazole rings is 1. The maximum atomic E-state index is 12.7. The molecule has 3 heterocycles. The summed E-state index contributed by atoms with van der Waals surface area (Å²) in [5.74, 6) is 1.81. The van der Waals surface area contributed by atoms with E-state index in [1.54, 1.807) is 0 Å². The first-order valence-electron chi connectivity index (χ1n) is 8.54. The van der Waals surface area contributed by atoms with Crippen molar-refractivity contribution >= 4 is 22.4 Å². The number of fused-ring (bicyclic) bond motifs is 2. The zero-order valence-electron chi connectivity index (χ0n) is 14.5. The number of benzene rings is 2. The number of ether oxygens (including phenoxy) is 2. The second kappa shape index (κ2) is 6.21. The van der Waals surface area contributed by atoms with Crippen LogP contribution >= 0.6 is 11.3 Å².